The zero-order valence-corrected chi connectivity index (χ0v) is 12.9. The minimum absolute atomic E-state index is 0.761. The molecule has 2 atom stereocenters. The van der Waals surface area contributed by atoms with Crippen molar-refractivity contribution in [3.8, 4) is 0 Å². The van der Waals surface area contributed by atoms with Crippen molar-refractivity contribution in [3.05, 3.63) is 24.3 Å². The van der Waals surface area contributed by atoms with Crippen molar-refractivity contribution in [1.29, 1.82) is 0 Å². The first-order chi connectivity index (χ1) is 8.67. The number of allylic oxidation sites excluding steroid dienone is 4. The topological polar surface area (TPSA) is 0 Å². The van der Waals surface area contributed by atoms with E-state index in [0.717, 1.165) is 23.7 Å². The lowest BCUT2D eigenvalue weighted by Gasteiger charge is -2.31. The van der Waals surface area contributed by atoms with Gasteiger partial charge in [0.2, 0.25) is 0 Å². The van der Waals surface area contributed by atoms with Crippen molar-refractivity contribution in [2.75, 3.05) is 0 Å². The molecular formula is C18H32. The second kappa shape index (κ2) is 8.56. The molecule has 0 amide bonds. The first-order valence-electron chi connectivity index (χ1n) is 7.93. The minimum Gasteiger partial charge on any atom is -0.0914 e. The minimum atomic E-state index is 0.761. The summed E-state index contributed by atoms with van der Waals surface area (Å²) in [5, 5.41) is 0. The predicted molar refractivity (Wildman–Crippen MR) is 82.6 cm³/mol. The Morgan fingerprint density at radius 3 is 2.17 bits per heavy atom. The van der Waals surface area contributed by atoms with E-state index >= 15 is 0 Å². The highest BCUT2D eigenvalue weighted by atomic mass is 14.3. The summed E-state index contributed by atoms with van der Waals surface area (Å²) in [7, 11) is 0. The lowest BCUT2D eigenvalue weighted by molar-refractivity contribution is 0.220. The van der Waals surface area contributed by atoms with E-state index in [2.05, 4.69) is 52.0 Å². The first-order valence-corrected chi connectivity index (χ1v) is 7.93. The van der Waals surface area contributed by atoms with Gasteiger partial charge in [0.15, 0.2) is 0 Å². The van der Waals surface area contributed by atoms with E-state index in [9.17, 15) is 0 Å². The van der Waals surface area contributed by atoms with Crippen molar-refractivity contribution >= 4 is 0 Å². The van der Waals surface area contributed by atoms with Gasteiger partial charge in [-0.15, -0.1) is 0 Å². The summed E-state index contributed by atoms with van der Waals surface area (Å²) in [5.74, 6) is 3.55. The quantitative estimate of drug-likeness (QED) is 0.506. The fraction of sp³-hybridized carbons (Fsp3) is 0.778. The third-order valence-electron chi connectivity index (χ3n) is 4.68. The van der Waals surface area contributed by atoms with Gasteiger partial charge >= 0.3 is 0 Å². The van der Waals surface area contributed by atoms with Crippen LogP contribution in [0.5, 0.6) is 0 Å². The maximum Gasteiger partial charge on any atom is -0.0233 e. The normalized spacial score (nSPS) is 28.9. The molecule has 1 saturated carbocycles. The van der Waals surface area contributed by atoms with Crippen LogP contribution in [0.4, 0.5) is 0 Å². The van der Waals surface area contributed by atoms with Gasteiger partial charge in [-0.05, 0) is 76.0 Å². The van der Waals surface area contributed by atoms with Gasteiger partial charge in [-0.3, -0.25) is 0 Å². The van der Waals surface area contributed by atoms with Crippen LogP contribution in [0, 0.1) is 23.7 Å². The van der Waals surface area contributed by atoms with Gasteiger partial charge in [0.05, 0.1) is 0 Å². The molecule has 0 saturated heterocycles. The molecule has 0 bridgehead atoms. The molecule has 104 valence electrons. The van der Waals surface area contributed by atoms with Gasteiger partial charge in [0, 0.05) is 0 Å². The van der Waals surface area contributed by atoms with E-state index < -0.39 is 0 Å². The lowest BCUT2D eigenvalue weighted by Crippen LogP contribution is -2.19. The average Bonchev–Trinajstić information content (AvgIpc) is 2.37. The van der Waals surface area contributed by atoms with E-state index in [-0.39, 0.29) is 0 Å². The fourth-order valence-electron chi connectivity index (χ4n) is 3.36. The molecule has 18 heavy (non-hydrogen) atoms. The third kappa shape index (κ3) is 5.42. The average molecular weight is 248 g/mol. The molecule has 0 nitrogen and oxygen atoms in total. The van der Waals surface area contributed by atoms with Crippen LogP contribution in [0.15, 0.2) is 24.3 Å². The molecule has 1 aliphatic carbocycles. The van der Waals surface area contributed by atoms with Crippen LogP contribution < -0.4 is 0 Å². The number of hydrogen-bond acceptors (Lipinski definition) is 0. The lowest BCUT2D eigenvalue weighted by atomic mass is 9.74. The Morgan fingerprint density at radius 1 is 0.944 bits per heavy atom. The summed E-state index contributed by atoms with van der Waals surface area (Å²) in [6.45, 7) is 9.10. The molecule has 2 unspecified atom stereocenters. The van der Waals surface area contributed by atoms with Crippen LogP contribution in [-0.4, -0.2) is 0 Å². The Kier molecular flexibility index (Phi) is 7.39. The largest absolute Gasteiger partial charge is 0.0914 e. The summed E-state index contributed by atoms with van der Waals surface area (Å²) in [5.41, 5.74) is 0. The smallest absolute Gasteiger partial charge is 0.0233 e. The van der Waals surface area contributed by atoms with Gasteiger partial charge in [0.25, 0.3) is 0 Å². The summed E-state index contributed by atoms with van der Waals surface area (Å²) < 4.78 is 0. The van der Waals surface area contributed by atoms with Crippen molar-refractivity contribution in [3.63, 3.8) is 0 Å². The van der Waals surface area contributed by atoms with Gasteiger partial charge in [-0.2, -0.15) is 0 Å². The van der Waals surface area contributed by atoms with E-state index in [4.69, 9.17) is 0 Å². The van der Waals surface area contributed by atoms with Gasteiger partial charge in [0.1, 0.15) is 0 Å². The Labute approximate surface area is 115 Å². The summed E-state index contributed by atoms with van der Waals surface area (Å²) >= 11 is 0. The number of rotatable bonds is 6. The number of hydrogen-bond donors (Lipinski definition) is 0. The van der Waals surface area contributed by atoms with E-state index in [0.29, 0.717) is 0 Å². The van der Waals surface area contributed by atoms with Crippen LogP contribution in [0.1, 0.15) is 66.2 Å². The first kappa shape index (κ1) is 15.5. The fourth-order valence-corrected chi connectivity index (χ4v) is 3.36. The van der Waals surface area contributed by atoms with E-state index in [1.54, 1.807) is 0 Å². The van der Waals surface area contributed by atoms with Crippen molar-refractivity contribution in [1.82, 2.24) is 0 Å². The third-order valence-corrected chi connectivity index (χ3v) is 4.68. The molecule has 0 N–H and O–H groups in total. The van der Waals surface area contributed by atoms with E-state index in [1.807, 2.05) is 0 Å². The van der Waals surface area contributed by atoms with Crippen LogP contribution in [0.25, 0.3) is 0 Å². The SMILES string of the molecule is CC=CC(C)CCC(C)C1CCC(C=CC)CC1. The van der Waals surface area contributed by atoms with Crippen molar-refractivity contribution in [2.45, 2.75) is 66.2 Å². The summed E-state index contributed by atoms with van der Waals surface area (Å²) in [6, 6.07) is 0. The van der Waals surface area contributed by atoms with Crippen LogP contribution in [-0.2, 0) is 0 Å². The zero-order chi connectivity index (χ0) is 13.4. The molecule has 1 rings (SSSR count). The maximum absolute atomic E-state index is 2.48. The van der Waals surface area contributed by atoms with Crippen LogP contribution in [0.3, 0.4) is 0 Å². The van der Waals surface area contributed by atoms with Crippen molar-refractivity contribution < 1.29 is 0 Å². The molecule has 1 fully saturated rings. The van der Waals surface area contributed by atoms with Crippen LogP contribution in [0.2, 0.25) is 0 Å². The highest BCUT2D eigenvalue weighted by molar-refractivity contribution is 4.90. The molecule has 0 spiro atoms. The van der Waals surface area contributed by atoms with Crippen LogP contribution >= 0.6 is 0 Å². The molecule has 0 aromatic heterocycles. The second-order valence-electron chi connectivity index (χ2n) is 6.26. The molecule has 0 heteroatoms. The Morgan fingerprint density at radius 2 is 1.61 bits per heavy atom. The zero-order valence-electron chi connectivity index (χ0n) is 12.9. The summed E-state index contributed by atoms with van der Waals surface area (Å²) in [6.07, 6.45) is 17.7. The second-order valence-corrected chi connectivity index (χ2v) is 6.26. The molecule has 0 aromatic carbocycles. The molecule has 1 aliphatic rings. The van der Waals surface area contributed by atoms with Gasteiger partial charge in [-0.25, -0.2) is 0 Å². The molecular weight excluding hydrogens is 216 g/mol. The van der Waals surface area contributed by atoms with Crippen molar-refractivity contribution in [2.24, 2.45) is 23.7 Å². The van der Waals surface area contributed by atoms with Gasteiger partial charge < -0.3 is 0 Å². The Bertz CT molecular complexity index is 253. The highest BCUT2D eigenvalue weighted by Crippen LogP contribution is 2.36. The molecule has 0 heterocycles. The maximum atomic E-state index is 2.48. The molecule has 0 aromatic rings. The Hall–Kier alpha value is -0.520. The highest BCUT2D eigenvalue weighted by Gasteiger charge is 2.23. The van der Waals surface area contributed by atoms with Gasteiger partial charge in [-0.1, -0.05) is 38.2 Å². The Balaban J connectivity index is 2.25. The monoisotopic (exact) mass is 248 g/mol. The molecule has 0 aliphatic heterocycles. The standard InChI is InChI=1S/C18H32/c1-5-7-15(3)9-10-16(4)18-13-11-17(8-6-2)12-14-18/h5-8,15-18H,9-14H2,1-4H3. The van der Waals surface area contributed by atoms with E-state index in [1.165, 1.54) is 38.5 Å². The predicted octanol–water partition coefficient (Wildman–Crippen LogP) is 6.00. The molecule has 0 radical (unpaired) electrons. The summed E-state index contributed by atoms with van der Waals surface area (Å²) in [4.78, 5) is 0.